The van der Waals surface area contributed by atoms with Crippen molar-refractivity contribution in [2.75, 3.05) is 0 Å². The van der Waals surface area contributed by atoms with E-state index in [1.165, 1.54) is 0 Å². The Morgan fingerprint density at radius 3 is 2.50 bits per heavy atom. The van der Waals surface area contributed by atoms with Crippen LogP contribution in [0.2, 0.25) is 0 Å². The van der Waals surface area contributed by atoms with Gasteiger partial charge in [-0.25, -0.2) is 0 Å². The van der Waals surface area contributed by atoms with Crippen molar-refractivity contribution in [1.29, 1.82) is 0 Å². The third kappa shape index (κ3) is 0.883. The van der Waals surface area contributed by atoms with E-state index in [1.54, 1.807) is 13.8 Å². The largest absolute Gasteiger partial charge is 0.393 e. The second-order valence-corrected chi connectivity index (χ2v) is 3.17. The minimum Gasteiger partial charge on any atom is -0.393 e. The fraction of sp³-hybridized carbons (Fsp3) is 1.00. The van der Waals surface area contributed by atoms with Gasteiger partial charge in [0.1, 0.15) is 0 Å². The van der Waals surface area contributed by atoms with Crippen LogP contribution in [0.25, 0.3) is 0 Å². The lowest BCUT2D eigenvalue weighted by Gasteiger charge is -2.03. The number of hydrogen-bond acceptors (Lipinski definition) is 3. The highest BCUT2D eigenvalue weighted by molar-refractivity contribution is 5.02. The highest BCUT2D eigenvalue weighted by Gasteiger charge is 2.63. The molecule has 1 saturated carbocycles. The summed E-state index contributed by atoms with van der Waals surface area (Å²) >= 11 is 0. The molecule has 4 heteroatoms. The van der Waals surface area contributed by atoms with Crippen LogP contribution in [0.4, 0.5) is 0 Å². The highest BCUT2D eigenvalue weighted by Crippen LogP contribution is 2.47. The topological polar surface area (TPSA) is 63.4 Å². The van der Waals surface area contributed by atoms with E-state index >= 15 is 0 Å². The summed E-state index contributed by atoms with van der Waals surface area (Å²) in [4.78, 5) is 9.99. The Hall–Kier alpha value is -0.640. The van der Waals surface area contributed by atoms with E-state index in [4.69, 9.17) is 5.11 Å². The summed E-state index contributed by atoms with van der Waals surface area (Å²) in [7, 11) is 0. The third-order valence-electron chi connectivity index (χ3n) is 2.27. The molecule has 0 aliphatic heterocycles. The van der Waals surface area contributed by atoms with Gasteiger partial charge in [0, 0.05) is 18.3 Å². The first-order chi connectivity index (χ1) is 4.48. The van der Waals surface area contributed by atoms with E-state index in [-0.39, 0.29) is 10.8 Å². The van der Waals surface area contributed by atoms with Crippen LogP contribution in [-0.4, -0.2) is 21.7 Å². The molecule has 0 heterocycles. The summed E-state index contributed by atoms with van der Waals surface area (Å²) < 4.78 is 0. The van der Waals surface area contributed by atoms with Crippen LogP contribution in [0.1, 0.15) is 20.3 Å². The fourth-order valence-corrected chi connectivity index (χ4v) is 1.29. The van der Waals surface area contributed by atoms with Gasteiger partial charge in [0.2, 0.25) is 5.54 Å². The van der Waals surface area contributed by atoms with E-state index in [1.807, 2.05) is 0 Å². The zero-order valence-corrected chi connectivity index (χ0v) is 6.07. The van der Waals surface area contributed by atoms with Crippen LogP contribution in [0.15, 0.2) is 0 Å². The molecule has 0 bridgehead atoms. The van der Waals surface area contributed by atoms with Crippen LogP contribution in [-0.2, 0) is 0 Å². The standard InChI is InChI=1S/C6H11NO3/c1-4(8)5-3-6(5,2)7(9)10/h4-5,8H,3H2,1-2H3. The smallest absolute Gasteiger partial charge is 0.225 e. The second kappa shape index (κ2) is 1.92. The molecule has 1 N–H and O–H groups in total. The van der Waals surface area contributed by atoms with E-state index in [0.29, 0.717) is 6.42 Å². The minimum atomic E-state index is -0.839. The van der Waals surface area contributed by atoms with E-state index in [0.717, 1.165) is 0 Å². The first kappa shape index (κ1) is 7.47. The van der Waals surface area contributed by atoms with Crippen molar-refractivity contribution >= 4 is 0 Å². The lowest BCUT2D eigenvalue weighted by Crippen LogP contribution is -2.23. The van der Waals surface area contributed by atoms with Gasteiger partial charge in [-0.15, -0.1) is 0 Å². The first-order valence-corrected chi connectivity index (χ1v) is 3.31. The number of rotatable bonds is 2. The van der Waals surface area contributed by atoms with Gasteiger partial charge in [0.15, 0.2) is 0 Å². The molecule has 0 spiro atoms. The lowest BCUT2D eigenvalue weighted by molar-refractivity contribution is -0.538. The van der Waals surface area contributed by atoms with Crippen LogP contribution in [0.3, 0.4) is 0 Å². The van der Waals surface area contributed by atoms with Crippen molar-refractivity contribution in [1.82, 2.24) is 0 Å². The zero-order chi connectivity index (χ0) is 7.94. The van der Waals surface area contributed by atoms with Crippen molar-refractivity contribution in [3.05, 3.63) is 10.1 Å². The number of aliphatic hydroxyl groups excluding tert-OH is 1. The fourth-order valence-electron chi connectivity index (χ4n) is 1.29. The molecule has 0 amide bonds. The van der Waals surface area contributed by atoms with Gasteiger partial charge >= 0.3 is 0 Å². The Kier molecular flexibility index (Phi) is 1.43. The van der Waals surface area contributed by atoms with Crippen LogP contribution in [0.5, 0.6) is 0 Å². The van der Waals surface area contributed by atoms with Crippen molar-refractivity contribution in [3.63, 3.8) is 0 Å². The Morgan fingerprint density at radius 1 is 1.90 bits per heavy atom. The Balaban J connectivity index is 2.56. The molecule has 4 nitrogen and oxygen atoms in total. The highest BCUT2D eigenvalue weighted by atomic mass is 16.6. The SMILES string of the molecule is CC(O)C1CC1(C)[N+](=O)[O-]. The van der Waals surface area contributed by atoms with E-state index < -0.39 is 11.6 Å². The molecule has 1 aliphatic rings. The maximum Gasteiger partial charge on any atom is 0.225 e. The Labute approximate surface area is 59.0 Å². The first-order valence-electron chi connectivity index (χ1n) is 3.31. The third-order valence-corrected chi connectivity index (χ3v) is 2.27. The predicted molar refractivity (Wildman–Crippen MR) is 35.2 cm³/mol. The van der Waals surface area contributed by atoms with Gasteiger partial charge in [0.25, 0.3) is 0 Å². The van der Waals surface area contributed by atoms with Crippen molar-refractivity contribution in [3.8, 4) is 0 Å². The zero-order valence-electron chi connectivity index (χ0n) is 6.07. The number of aliphatic hydroxyl groups is 1. The van der Waals surface area contributed by atoms with Crippen LogP contribution < -0.4 is 0 Å². The summed E-state index contributed by atoms with van der Waals surface area (Å²) in [5, 5.41) is 19.3. The van der Waals surface area contributed by atoms with Gasteiger partial charge in [-0.3, -0.25) is 10.1 Å². The molecule has 1 aliphatic carbocycles. The number of nitrogens with zero attached hydrogens (tertiary/aromatic N) is 1. The number of hydrogen-bond donors (Lipinski definition) is 1. The van der Waals surface area contributed by atoms with Gasteiger partial charge in [-0.1, -0.05) is 0 Å². The Bertz CT molecular complexity index is 168. The normalized spacial score (nSPS) is 40.9. The Morgan fingerprint density at radius 2 is 2.40 bits per heavy atom. The van der Waals surface area contributed by atoms with Crippen molar-refractivity contribution < 1.29 is 10.0 Å². The molecular weight excluding hydrogens is 134 g/mol. The molecule has 3 atom stereocenters. The molecule has 0 saturated heterocycles. The average molecular weight is 145 g/mol. The van der Waals surface area contributed by atoms with Crippen molar-refractivity contribution in [2.45, 2.75) is 31.9 Å². The molecule has 0 aromatic carbocycles. The lowest BCUT2D eigenvalue weighted by atomic mass is 10.2. The van der Waals surface area contributed by atoms with Gasteiger partial charge < -0.3 is 5.11 Å². The molecule has 3 unspecified atom stereocenters. The summed E-state index contributed by atoms with van der Waals surface area (Å²) in [5.41, 5.74) is -0.839. The summed E-state index contributed by atoms with van der Waals surface area (Å²) in [5.74, 6) is -0.137. The van der Waals surface area contributed by atoms with Gasteiger partial charge in [0.05, 0.1) is 12.0 Å². The van der Waals surface area contributed by atoms with Gasteiger partial charge in [-0.2, -0.15) is 0 Å². The monoisotopic (exact) mass is 145 g/mol. The predicted octanol–water partition coefficient (Wildman–Crippen LogP) is 0.422. The average Bonchev–Trinajstić information content (AvgIpc) is 2.43. The van der Waals surface area contributed by atoms with E-state index in [2.05, 4.69) is 0 Å². The summed E-state index contributed by atoms with van der Waals surface area (Å²) in [6.07, 6.45) is -0.0344. The molecule has 58 valence electrons. The maximum atomic E-state index is 10.3. The quantitative estimate of drug-likeness (QED) is 0.452. The second-order valence-electron chi connectivity index (χ2n) is 3.17. The van der Waals surface area contributed by atoms with E-state index in [9.17, 15) is 10.1 Å². The van der Waals surface area contributed by atoms with Crippen LogP contribution in [0, 0.1) is 16.0 Å². The molecule has 0 aromatic heterocycles. The number of nitro groups is 1. The minimum absolute atomic E-state index is 0.137. The molecular formula is C6H11NO3. The van der Waals surface area contributed by atoms with Gasteiger partial charge in [-0.05, 0) is 6.92 Å². The molecule has 1 fully saturated rings. The molecule has 1 rings (SSSR count). The molecule has 0 aromatic rings. The molecule has 10 heavy (non-hydrogen) atoms. The van der Waals surface area contributed by atoms with Crippen LogP contribution >= 0.6 is 0 Å². The maximum absolute atomic E-state index is 10.3. The molecule has 0 radical (unpaired) electrons. The van der Waals surface area contributed by atoms with Crippen molar-refractivity contribution in [2.24, 2.45) is 5.92 Å². The summed E-state index contributed by atoms with van der Waals surface area (Å²) in [6, 6.07) is 0. The summed E-state index contributed by atoms with van der Waals surface area (Å²) in [6.45, 7) is 3.17.